The predicted octanol–water partition coefficient (Wildman–Crippen LogP) is 4.59. The SMILES string of the molecule is Cc1ccc(C)c(NC(=O)C2(c3c[nH]c4cc(F)ccc34)CC2)c1. The van der Waals surface area contributed by atoms with Gasteiger partial charge in [-0.2, -0.15) is 0 Å². The minimum Gasteiger partial charge on any atom is -0.361 e. The van der Waals surface area contributed by atoms with E-state index in [0.717, 1.165) is 46.1 Å². The van der Waals surface area contributed by atoms with Crippen molar-refractivity contribution in [2.45, 2.75) is 32.1 Å². The smallest absolute Gasteiger partial charge is 0.235 e. The third-order valence-electron chi connectivity index (χ3n) is 4.99. The first-order chi connectivity index (χ1) is 11.5. The van der Waals surface area contributed by atoms with E-state index >= 15 is 0 Å². The van der Waals surface area contributed by atoms with Crippen molar-refractivity contribution in [3.8, 4) is 0 Å². The summed E-state index contributed by atoms with van der Waals surface area (Å²) in [5.74, 6) is -0.262. The lowest BCUT2D eigenvalue weighted by molar-refractivity contribution is -0.118. The average Bonchev–Trinajstić information content (AvgIpc) is 3.25. The van der Waals surface area contributed by atoms with Gasteiger partial charge in [0.05, 0.1) is 5.41 Å². The van der Waals surface area contributed by atoms with Crippen LogP contribution in [-0.2, 0) is 10.2 Å². The minimum atomic E-state index is -0.508. The highest BCUT2D eigenvalue weighted by Gasteiger charge is 2.52. The Kier molecular flexibility index (Phi) is 3.23. The molecular formula is C20H19FN2O. The number of aryl methyl sites for hydroxylation is 2. The van der Waals surface area contributed by atoms with Gasteiger partial charge in [0.15, 0.2) is 0 Å². The molecule has 1 aliphatic carbocycles. The second kappa shape index (κ2) is 5.20. The summed E-state index contributed by atoms with van der Waals surface area (Å²) in [6.07, 6.45) is 3.47. The second-order valence-corrected chi connectivity index (χ2v) is 6.75. The van der Waals surface area contributed by atoms with E-state index in [2.05, 4.69) is 10.3 Å². The van der Waals surface area contributed by atoms with E-state index in [-0.39, 0.29) is 11.7 Å². The van der Waals surface area contributed by atoms with Gasteiger partial charge >= 0.3 is 0 Å². The van der Waals surface area contributed by atoms with Gasteiger partial charge < -0.3 is 10.3 Å². The zero-order valence-corrected chi connectivity index (χ0v) is 13.7. The van der Waals surface area contributed by atoms with E-state index in [4.69, 9.17) is 0 Å². The first-order valence-electron chi connectivity index (χ1n) is 8.15. The highest BCUT2D eigenvalue weighted by molar-refractivity contribution is 6.04. The number of rotatable bonds is 3. The van der Waals surface area contributed by atoms with Crippen LogP contribution in [0.3, 0.4) is 0 Å². The number of anilines is 1. The van der Waals surface area contributed by atoms with E-state index in [9.17, 15) is 9.18 Å². The molecule has 4 rings (SSSR count). The average molecular weight is 322 g/mol. The molecule has 1 heterocycles. The standard InChI is InChI=1S/C20H19FN2O/c1-12-3-4-13(2)17(9-12)23-19(24)20(7-8-20)16-11-22-18-10-14(21)5-6-15(16)18/h3-6,9-11,22H,7-8H2,1-2H3,(H,23,24). The van der Waals surface area contributed by atoms with E-state index in [1.807, 2.05) is 38.2 Å². The summed E-state index contributed by atoms with van der Waals surface area (Å²) in [6, 6.07) is 10.7. The molecule has 0 radical (unpaired) electrons. The van der Waals surface area contributed by atoms with Gasteiger partial charge in [-0.3, -0.25) is 4.79 Å². The summed E-state index contributed by atoms with van der Waals surface area (Å²) in [5, 5.41) is 4.01. The summed E-state index contributed by atoms with van der Waals surface area (Å²) in [5.41, 5.74) is 4.20. The molecule has 1 amide bonds. The van der Waals surface area contributed by atoms with Gasteiger partial charge in [0.2, 0.25) is 5.91 Å². The lowest BCUT2D eigenvalue weighted by Gasteiger charge is -2.16. The van der Waals surface area contributed by atoms with E-state index in [0.29, 0.717) is 0 Å². The summed E-state index contributed by atoms with van der Waals surface area (Å²) in [7, 11) is 0. The first-order valence-corrected chi connectivity index (χ1v) is 8.15. The molecule has 3 nitrogen and oxygen atoms in total. The molecule has 0 unspecified atom stereocenters. The Hall–Kier alpha value is -2.62. The molecule has 2 N–H and O–H groups in total. The molecule has 24 heavy (non-hydrogen) atoms. The Labute approximate surface area is 139 Å². The number of halogens is 1. The highest BCUT2D eigenvalue weighted by Crippen LogP contribution is 2.51. The lowest BCUT2D eigenvalue weighted by Crippen LogP contribution is -2.28. The zero-order chi connectivity index (χ0) is 16.9. The summed E-state index contributed by atoms with van der Waals surface area (Å²) in [4.78, 5) is 16.1. The summed E-state index contributed by atoms with van der Waals surface area (Å²) in [6.45, 7) is 4.00. The fourth-order valence-electron chi connectivity index (χ4n) is 3.35. The van der Waals surface area contributed by atoms with E-state index in [1.54, 1.807) is 6.07 Å². The quantitative estimate of drug-likeness (QED) is 0.727. The zero-order valence-electron chi connectivity index (χ0n) is 13.7. The molecule has 2 aromatic carbocycles. The maximum Gasteiger partial charge on any atom is 0.235 e. The summed E-state index contributed by atoms with van der Waals surface area (Å²) >= 11 is 0. The summed E-state index contributed by atoms with van der Waals surface area (Å²) < 4.78 is 13.4. The minimum absolute atomic E-state index is 0.0152. The van der Waals surface area contributed by atoms with Gasteiger partial charge in [0.1, 0.15) is 5.82 Å². The number of carbonyl (C=O) groups excluding carboxylic acids is 1. The van der Waals surface area contributed by atoms with Crippen LogP contribution in [0, 0.1) is 19.7 Å². The number of hydrogen-bond donors (Lipinski definition) is 2. The molecule has 4 heteroatoms. The Bertz CT molecular complexity index is 953. The van der Waals surface area contributed by atoms with Crippen molar-refractivity contribution in [2.75, 3.05) is 5.32 Å². The molecule has 0 spiro atoms. The molecular weight excluding hydrogens is 303 g/mol. The fraction of sp³-hybridized carbons (Fsp3) is 0.250. The molecule has 1 saturated carbocycles. The predicted molar refractivity (Wildman–Crippen MR) is 93.7 cm³/mol. The van der Waals surface area contributed by atoms with Crippen LogP contribution in [0.2, 0.25) is 0 Å². The van der Waals surface area contributed by atoms with Crippen molar-refractivity contribution in [1.82, 2.24) is 4.98 Å². The number of carbonyl (C=O) groups is 1. The van der Waals surface area contributed by atoms with Gasteiger partial charge in [-0.15, -0.1) is 0 Å². The van der Waals surface area contributed by atoms with Crippen molar-refractivity contribution in [3.05, 3.63) is 65.1 Å². The molecule has 0 aliphatic heterocycles. The molecule has 3 aromatic rings. The molecule has 122 valence electrons. The number of fused-ring (bicyclic) bond motifs is 1. The molecule has 0 saturated heterocycles. The first kappa shape index (κ1) is 14.9. The van der Waals surface area contributed by atoms with Gasteiger partial charge in [-0.25, -0.2) is 4.39 Å². The van der Waals surface area contributed by atoms with Crippen molar-refractivity contribution >= 4 is 22.5 Å². The van der Waals surface area contributed by atoms with Crippen LogP contribution in [0.25, 0.3) is 10.9 Å². The number of benzene rings is 2. The normalized spacial score (nSPS) is 15.5. The Morgan fingerprint density at radius 3 is 2.71 bits per heavy atom. The van der Waals surface area contributed by atoms with Gasteiger partial charge in [-0.05, 0) is 67.6 Å². The fourth-order valence-corrected chi connectivity index (χ4v) is 3.35. The number of aromatic amines is 1. The number of H-pyrrole nitrogens is 1. The van der Waals surface area contributed by atoms with Crippen LogP contribution >= 0.6 is 0 Å². The highest BCUT2D eigenvalue weighted by atomic mass is 19.1. The van der Waals surface area contributed by atoms with Gasteiger partial charge in [0.25, 0.3) is 0 Å². The number of aromatic nitrogens is 1. The maximum absolute atomic E-state index is 13.4. The van der Waals surface area contributed by atoms with Crippen LogP contribution in [0.15, 0.2) is 42.6 Å². The van der Waals surface area contributed by atoms with Gasteiger partial charge in [0, 0.05) is 22.8 Å². The van der Waals surface area contributed by atoms with Crippen molar-refractivity contribution in [3.63, 3.8) is 0 Å². The third kappa shape index (κ3) is 2.30. The molecule has 0 bridgehead atoms. The number of nitrogens with one attached hydrogen (secondary N) is 2. The van der Waals surface area contributed by atoms with Crippen LogP contribution in [0.4, 0.5) is 10.1 Å². The largest absolute Gasteiger partial charge is 0.361 e. The molecule has 1 aromatic heterocycles. The Morgan fingerprint density at radius 2 is 1.96 bits per heavy atom. The van der Waals surface area contributed by atoms with Gasteiger partial charge in [-0.1, -0.05) is 12.1 Å². The van der Waals surface area contributed by atoms with Crippen molar-refractivity contribution in [1.29, 1.82) is 0 Å². The van der Waals surface area contributed by atoms with Crippen LogP contribution in [0.5, 0.6) is 0 Å². The van der Waals surface area contributed by atoms with Crippen LogP contribution in [0.1, 0.15) is 29.5 Å². The molecule has 1 fully saturated rings. The topological polar surface area (TPSA) is 44.9 Å². The maximum atomic E-state index is 13.4. The van der Waals surface area contributed by atoms with Crippen molar-refractivity contribution < 1.29 is 9.18 Å². The van der Waals surface area contributed by atoms with Crippen molar-refractivity contribution in [2.24, 2.45) is 0 Å². The molecule has 0 atom stereocenters. The van der Waals surface area contributed by atoms with E-state index in [1.165, 1.54) is 12.1 Å². The van der Waals surface area contributed by atoms with Crippen LogP contribution < -0.4 is 5.32 Å². The lowest BCUT2D eigenvalue weighted by atomic mass is 9.94. The Balaban J connectivity index is 1.69. The van der Waals surface area contributed by atoms with E-state index < -0.39 is 5.41 Å². The third-order valence-corrected chi connectivity index (χ3v) is 4.99. The molecule has 1 aliphatic rings. The Morgan fingerprint density at radius 1 is 1.17 bits per heavy atom. The monoisotopic (exact) mass is 322 g/mol. The number of hydrogen-bond acceptors (Lipinski definition) is 1. The second-order valence-electron chi connectivity index (χ2n) is 6.75. The van der Waals surface area contributed by atoms with Crippen LogP contribution in [-0.4, -0.2) is 10.9 Å². The number of amides is 1.